The summed E-state index contributed by atoms with van der Waals surface area (Å²) in [6.45, 7) is 2.48. The van der Waals surface area contributed by atoms with E-state index in [4.69, 9.17) is 11.6 Å². The minimum atomic E-state index is 0. The van der Waals surface area contributed by atoms with Crippen LogP contribution in [-0.2, 0) is 24.4 Å². The Bertz CT molecular complexity index is 763. The van der Waals surface area contributed by atoms with Crippen LogP contribution in [0.4, 0.5) is 0 Å². The van der Waals surface area contributed by atoms with Crippen LogP contribution in [-0.4, -0.2) is 5.91 Å². The molecule has 2 unspecified atom stereocenters. The molecule has 0 saturated heterocycles. The van der Waals surface area contributed by atoms with Crippen LogP contribution in [0.1, 0.15) is 34.6 Å². The lowest BCUT2D eigenvalue weighted by Gasteiger charge is -2.07. The molecule has 2 aromatic rings. The van der Waals surface area contributed by atoms with E-state index >= 15 is 0 Å². The maximum Gasteiger partial charge on any atom is 0.224 e. The van der Waals surface area contributed by atoms with Crippen LogP contribution in [0.15, 0.2) is 42.5 Å². The molecule has 126 valence electrons. The van der Waals surface area contributed by atoms with Crippen molar-refractivity contribution in [2.45, 2.75) is 32.0 Å². The minimum absolute atomic E-state index is 0. The largest absolute Gasteiger partial charge is 0.352 e. The molecule has 5 heteroatoms. The van der Waals surface area contributed by atoms with Crippen molar-refractivity contribution in [3.8, 4) is 0 Å². The monoisotopic (exact) mass is 362 g/mol. The summed E-state index contributed by atoms with van der Waals surface area (Å²) in [4.78, 5) is 12.3. The highest BCUT2D eigenvalue weighted by atomic mass is 35.5. The Hall–Kier alpha value is -1.55. The number of hydrogen-bond acceptors (Lipinski definition) is 2. The SMILES string of the molecule is Cl.O=C(NCc1ccc2c(c1)CNC2)C1CC1c1cccc(Cl)c1. The van der Waals surface area contributed by atoms with Crippen LogP contribution in [0.3, 0.4) is 0 Å². The fourth-order valence-electron chi connectivity index (χ4n) is 3.37. The lowest BCUT2D eigenvalue weighted by atomic mass is 10.1. The van der Waals surface area contributed by atoms with E-state index in [1.54, 1.807) is 0 Å². The van der Waals surface area contributed by atoms with E-state index < -0.39 is 0 Å². The van der Waals surface area contributed by atoms with Crippen LogP contribution >= 0.6 is 24.0 Å². The molecule has 0 bridgehead atoms. The van der Waals surface area contributed by atoms with Gasteiger partial charge in [0.1, 0.15) is 0 Å². The summed E-state index contributed by atoms with van der Waals surface area (Å²) < 4.78 is 0. The number of rotatable bonds is 4. The van der Waals surface area contributed by atoms with E-state index in [1.165, 1.54) is 22.3 Å². The molecule has 2 atom stereocenters. The number of amides is 1. The number of nitrogens with one attached hydrogen (secondary N) is 2. The second-order valence-corrected chi connectivity index (χ2v) is 6.86. The van der Waals surface area contributed by atoms with Crippen molar-refractivity contribution in [3.63, 3.8) is 0 Å². The number of fused-ring (bicyclic) bond motifs is 1. The van der Waals surface area contributed by atoms with Crippen molar-refractivity contribution >= 4 is 29.9 Å². The van der Waals surface area contributed by atoms with Crippen LogP contribution in [0.2, 0.25) is 5.02 Å². The second-order valence-electron chi connectivity index (χ2n) is 6.43. The summed E-state index contributed by atoms with van der Waals surface area (Å²) in [6, 6.07) is 14.3. The molecular formula is C19H20Cl2N2O. The van der Waals surface area contributed by atoms with Crippen LogP contribution < -0.4 is 10.6 Å². The highest BCUT2D eigenvalue weighted by Crippen LogP contribution is 2.47. The molecule has 2 N–H and O–H groups in total. The number of halogens is 2. The van der Waals surface area contributed by atoms with Gasteiger partial charge in [-0.1, -0.05) is 41.9 Å². The molecule has 0 aromatic heterocycles. The highest BCUT2D eigenvalue weighted by molar-refractivity contribution is 6.30. The zero-order valence-electron chi connectivity index (χ0n) is 13.2. The van der Waals surface area contributed by atoms with Crippen molar-refractivity contribution in [2.24, 2.45) is 5.92 Å². The molecule has 3 nitrogen and oxygen atoms in total. The van der Waals surface area contributed by atoms with Gasteiger partial charge in [0.15, 0.2) is 0 Å². The van der Waals surface area contributed by atoms with Gasteiger partial charge in [-0.25, -0.2) is 0 Å². The van der Waals surface area contributed by atoms with Gasteiger partial charge < -0.3 is 10.6 Å². The lowest BCUT2D eigenvalue weighted by Crippen LogP contribution is -2.24. The molecule has 0 spiro atoms. The van der Waals surface area contributed by atoms with Crippen LogP contribution in [0.25, 0.3) is 0 Å². The predicted octanol–water partition coefficient (Wildman–Crippen LogP) is 3.78. The maximum atomic E-state index is 12.3. The Labute approximate surface area is 153 Å². The van der Waals surface area contributed by atoms with Crippen molar-refractivity contribution in [1.82, 2.24) is 10.6 Å². The summed E-state index contributed by atoms with van der Waals surface area (Å²) in [5.74, 6) is 0.552. The zero-order valence-corrected chi connectivity index (χ0v) is 14.8. The first-order valence-electron chi connectivity index (χ1n) is 8.05. The third-order valence-electron chi connectivity index (χ3n) is 4.77. The molecular weight excluding hydrogens is 343 g/mol. The summed E-state index contributed by atoms with van der Waals surface area (Å²) >= 11 is 6.03. The Morgan fingerprint density at radius 3 is 2.83 bits per heavy atom. The quantitative estimate of drug-likeness (QED) is 0.868. The Balaban J connectivity index is 0.00000169. The number of carbonyl (C=O) groups excluding carboxylic acids is 1. The second kappa shape index (κ2) is 7.14. The third kappa shape index (κ3) is 3.59. The minimum Gasteiger partial charge on any atom is -0.352 e. The molecule has 1 fully saturated rings. The molecule has 1 heterocycles. The molecule has 1 aliphatic heterocycles. The number of benzene rings is 2. The normalized spacial score (nSPS) is 20.9. The van der Waals surface area contributed by atoms with E-state index in [2.05, 4.69) is 34.9 Å². The molecule has 24 heavy (non-hydrogen) atoms. The van der Waals surface area contributed by atoms with Gasteiger partial charge >= 0.3 is 0 Å². The van der Waals surface area contributed by atoms with Gasteiger partial charge in [0, 0.05) is 30.6 Å². The smallest absolute Gasteiger partial charge is 0.224 e. The molecule has 2 aromatic carbocycles. The fourth-order valence-corrected chi connectivity index (χ4v) is 3.57. The molecule has 2 aliphatic rings. The molecule has 1 aliphatic carbocycles. The maximum absolute atomic E-state index is 12.3. The average molecular weight is 363 g/mol. The van der Waals surface area contributed by atoms with E-state index in [1.807, 2.05) is 18.2 Å². The molecule has 1 amide bonds. The van der Waals surface area contributed by atoms with Crippen molar-refractivity contribution in [3.05, 3.63) is 69.7 Å². The standard InChI is InChI=1S/C19H19ClN2O.ClH/c20-16-3-1-2-13(7-16)17-8-18(17)19(23)22-9-12-4-5-14-10-21-11-15(14)6-12;/h1-7,17-18,21H,8-11H2,(H,22,23);1H. The van der Waals surface area contributed by atoms with E-state index in [0.29, 0.717) is 12.5 Å². The summed E-state index contributed by atoms with van der Waals surface area (Å²) in [7, 11) is 0. The van der Waals surface area contributed by atoms with Gasteiger partial charge in [0.2, 0.25) is 5.91 Å². The van der Waals surface area contributed by atoms with Crippen LogP contribution in [0.5, 0.6) is 0 Å². The summed E-state index contributed by atoms with van der Waals surface area (Å²) in [6.07, 6.45) is 0.917. The average Bonchev–Trinajstić information content (AvgIpc) is 3.23. The van der Waals surface area contributed by atoms with Crippen molar-refractivity contribution < 1.29 is 4.79 Å². The van der Waals surface area contributed by atoms with Gasteiger partial charge in [-0.3, -0.25) is 4.79 Å². The van der Waals surface area contributed by atoms with Crippen LogP contribution in [0, 0.1) is 5.92 Å². The molecule has 4 rings (SSSR count). The fraction of sp³-hybridized carbons (Fsp3) is 0.316. The van der Waals surface area contributed by atoms with E-state index in [9.17, 15) is 4.79 Å². The van der Waals surface area contributed by atoms with E-state index in [-0.39, 0.29) is 24.2 Å². The Morgan fingerprint density at radius 2 is 2.00 bits per heavy atom. The van der Waals surface area contributed by atoms with Gasteiger partial charge in [-0.15, -0.1) is 12.4 Å². The Morgan fingerprint density at radius 1 is 1.17 bits per heavy atom. The van der Waals surface area contributed by atoms with Crippen molar-refractivity contribution in [1.29, 1.82) is 0 Å². The highest BCUT2D eigenvalue weighted by Gasteiger charge is 2.43. The Kier molecular flexibility index (Phi) is 5.14. The zero-order chi connectivity index (χ0) is 15.8. The summed E-state index contributed by atoms with van der Waals surface area (Å²) in [5.41, 5.74) is 5.05. The topological polar surface area (TPSA) is 41.1 Å². The molecule has 0 radical (unpaired) electrons. The number of hydrogen-bond donors (Lipinski definition) is 2. The first kappa shape index (κ1) is 17.3. The first-order chi connectivity index (χ1) is 11.2. The van der Waals surface area contributed by atoms with E-state index in [0.717, 1.165) is 24.5 Å². The van der Waals surface area contributed by atoms with Gasteiger partial charge in [-0.05, 0) is 46.7 Å². The van der Waals surface area contributed by atoms with Gasteiger partial charge in [-0.2, -0.15) is 0 Å². The lowest BCUT2D eigenvalue weighted by molar-refractivity contribution is -0.122. The number of carbonyl (C=O) groups is 1. The van der Waals surface area contributed by atoms with Crippen molar-refractivity contribution in [2.75, 3.05) is 0 Å². The van der Waals surface area contributed by atoms with Gasteiger partial charge in [0.25, 0.3) is 0 Å². The molecule has 1 saturated carbocycles. The predicted molar refractivity (Wildman–Crippen MR) is 98.4 cm³/mol. The van der Waals surface area contributed by atoms with Gasteiger partial charge in [0.05, 0.1) is 0 Å². The third-order valence-corrected chi connectivity index (χ3v) is 5.01. The summed E-state index contributed by atoms with van der Waals surface area (Å²) in [5, 5.41) is 7.15. The first-order valence-corrected chi connectivity index (χ1v) is 8.43.